The van der Waals surface area contributed by atoms with Gasteiger partial charge in [-0.3, -0.25) is 10.1 Å². The zero-order valence-corrected chi connectivity index (χ0v) is 13.3. The summed E-state index contributed by atoms with van der Waals surface area (Å²) < 4.78 is 0. The summed E-state index contributed by atoms with van der Waals surface area (Å²) in [6.07, 6.45) is 3.53. The first-order valence-electron chi connectivity index (χ1n) is 7.96. The molecule has 1 N–H and O–H groups in total. The van der Waals surface area contributed by atoms with Crippen molar-refractivity contribution in [2.75, 3.05) is 11.4 Å². The third-order valence-corrected chi connectivity index (χ3v) is 4.43. The highest BCUT2D eigenvalue weighted by Crippen LogP contribution is 2.38. The molecule has 0 spiro atoms. The van der Waals surface area contributed by atoms with Crippen LogP contribution in [0.1, 0.15) is 30.3 Å². The van der Waals surface area contributed by atoms with Crippen LogP contribution in [0.15, 0.2) is 36.5 Å². The van der Waals surface area contributed by atoms with Crippen LogP contribution in [0, 0.1) is 17.0 Å². The van der Waals surface area contributed by atoms with Crippen LogP contribution in [0.25, 0.3) is 11.0 Å². The Balaban J connectivity index is 1.77. The number of nitro groups is 1. The van der Waals surface area contributed by atoms with E-state index in [1.165, 1.54) is 0 Å². The molecule has 7 heteroatoms. The molecule has 24 heavy (non-hydrogen) atoms. The summed E-state index contributed by atoms with van der Waals surface area (Å²) in [5.74, 6) is 1.26. The van der Waals surface area contributed by atoms with E-state index < -0.39 is 0 Å². The van der Waals surface area contributed by atoms with Gasteiger partial charge in [0.15, 0.2) is 0 Å². The number of nitrogens with zero attached hydrogens (tertiary/aromatic N) is 4. The van der Waals surface area contributed by atoms with E-state index in [0.29, 0.717) is 5.82 Å². The lowest BCUT2D eigenvalue weighted by atomic mass is 10.2. The number of H-pyrrole nitrogens is 1. The smallest absolute Gasteiger partial charge is 0.311 e. The van der Waals surface area contributed by atoms with Gasteiger partial charge in [-0.25, -0.2) is 9.97 Å². The van der Waals surface area contributed by atoms with E-state index in [1.807, 2.05) is 36.1 Å². The average Bonchev–Trinajstić information content (AvgIpc) is 3.20. The number of imidazole rings is 1. The van der Waals surface area contributed by atoms with Crippen LogP contribution < -0.4 is 4.90 Å². The summed E-state index contributed by atoms with van der Waals surface area (Å²) >= 11 is 0. The summed E-state index contributed by atoms with van der Waals surface area (Å²) in [7, 11) is 0. The van der Waals surface area contributed by atoms with Gasteiger partial charge in [-0.15, -0.1) is 0 Å². The lowest BCUT2D eigenvalue weighted by Gasteiger charge is -2.23. The largest absolute Gasteiger partial charge is 0.341 e. The molecule has 0 amide bonds. The number of fused-ring (bicyclic) bond motifs is 1. The molecule has 0 bridgehead atoms. The van der Waals surface area contributed by atoms with Gasteiger partial charge in [-0.2, -0.15) is 0 Å². The summed E-state index contributed by atoms with van der Waals surface area (Å²) in [5, 5.41) is 11.4. The van der Waals surface area contributed by atoms with Crippen LogP contribution in [-0.2, 0) is 0 Å². The Kier molecular flexibility index (Phi) is 3.41. The summed E-state index contributed by atoms with van der Waals surface area (Å²) in [4.78, 5) is 25.4. The molecule has 2 aromatic heterocycles. The molecule has 1 aliphatic rings. The third-order valence-electron chi connectivity index (χ3n) is 4.43. The molecule has 122 valence electrons. The highest BCUT2D eigenvalue weighted by atomic mass is 16.6. The van der Waals surface area contributed by atoms with E-state index >= 15 is 0 Å². The van der Waals surface area contributed by atoms with Crippen molar-refractivity contribution in [2.24, 2.45) is 0 Å². The Morgan fingerprint density at radius 2 is 2.21 bits per heavy atom. The predicted molar refractivity (Wildman–Crippen MR) is 91.0 cm³/mol. The molecule has 0 saturated carbocycles. The number of aromatic nitrogens is 3. The monoisotopic (exact) mass is 323 g/mol. The van der Waals surface area contributed by atoms with Crippen molar-refractivity contribution in [3.8, 4) is 0 Å². The quantitative estimate of drug-likeness (QED) is 0.588. The number of pyridine rings is 1. The van der Waals surface area contributed by atoms with Crippen molar-refractivity contribution in [1.82, 2.24) is 15.0 Å². The van der Waals surface area contributed by atoms with Gasteiger partial charge < -0.3 is 9.88 Å². The molecule has 7 nitrogen and oxygen atoms in total. The van der Waals surface area contributed by atoms with Crippen LogP contribution in [0.2, 0.25) is 0 Å². The van der Waals surface area contributed by atoms with E-state index in [4.69, 9.17) is 0 Å². The van der Waals surface area contributed by atoms with Crippen LogP contribution in [0.4, 0.5) is 11.5 Å². The third kappa shape index (κ3) is 2.38. The Morgan fingerprint density at radius 1 is 1.38 bits per heavy atom. The van der Waals surface area contributed by atoms with Crippen molar-refractivity contribution in [3.63, 3.8) is 0 Å². The second kappa shape index (κ2) is 5.59. The molecule has 1 saturated heterocycles. The number of nitrogens with one attached hydrogen (secondary N) is 1. The molecule has 1 aliphatic heterocycles. The Morgan fingerprint density at radius 3 is 3.00 bits per heavy atom. The van der Waals surface area contributed by atoms with E-state index in [1.54, 1.807) is 12.3 Å². The minimum absolute atomic E-state index is 0.0219. The first kappa shape index (κ1) is 14.6. The van der Waals surface area contributed by atoms with Crippen LogP contribution in [-0.4, -0.2) is 26.4 Å². The minimum atomic E-state index is -0.358. The van der Waals surface area contributed by atoms with Crippen molar-refractivity contribution >= 4 is 22.5 Å². The number of para-hydroxylation sites is 2. The molecule has 1 unspecified atom stereocenters. The number of aryl methyl sites for hydroxylation is 1. The summed E-state index contributed by atoms with van der Waals surface area (Å²) in [5.41, 5.74) is 2.72. The van der Waals surface area contributed by atoms with Gasteiger partial charge in [0.05, 0.1) is 22.0 Å². The van der Waals surface area contributed by atoms with Crippen molar-refractivity contribution in [3.05, 3.63) is 58.0 Å². The average molecular weight is 323 g/mol. The van der Waals surface area contributed by atoms with E-state index in [9.17, 15) is 10.1 Å². The number of benzene rings is 1. The fourth-order valence-electron chi connectivity index (χ4n) is 3.34. The Hall–Kier alpha value is -2.96. The molecule has 3 aromatic rings. The number of anilines is 1. The topological polar surface area (TPSA) is 88.0 Å². The maximum atomic E-state index is 11.4. The van der Waals surface area contributed by atoms with Gasteiger partial charge in [0, 0.05) is 18.8 Å². The molecule has 1 aromatic carbocycles. The Bertz CT molecular complexity index is 887. The fourth-order valence-corrected chi connectivity index (χ4v) is 3.34. The van der Waals surface area contributed by atoms with Gasteiger partial charge >= 0.3 is 5.69 Å². The van der Waals surface area contributed by atoms with Crippen molar-refractivity contribution < 1.29 is 4.92 Å². The number of rotatable bonds is 3. The first-order valence-corrected chi connectivity index (χ1v) is 7.96. The van der Waals surface area contributed by atoms with E-state index in [2.05, 4.69) is 15.0 Å². The normalized spacial score (nSPS) is 17.5. The molecule has 1 fully saturated rings. The molecular weight excluding hydrogens is 306 g/mol. The van der Waals surface area contributed by atoms with Gasteiger partial charge in [-0.1, -0.05) is 12.1 Å². The summed E-state index contributed by atoms with van der Waals surface area (Å²) in [6, 6.07) is 9.41. The van der Waals surface area contributed by atoms with E-state index in [-0.39, 0.29) is 16.7 Å². The predicted octanol–water partition coefficient (Wildman–Crippen LogP) is 3.52. The fraction of sp³-hybridized carbons (Fsp3) is 0.294. The summed E-state index contributed by atoms with van der Waals surface area (Å²) in [6.45, 7) is 2.54. The number of hydrogen-bond acceptors (Lipinski definition) is 5. The maximum Gasteiger partial charge on any atom is 0.311 e. The lowest BCUT2D eigenvalue weighted by molar-refractivity contribution is -0.384. The lowest BCUT2D eigenvalue weighted by Crippen LogP contribution is -2.25. The van der Waals surface area contributed by atoms with Crippen molar-refractivity contribution in [2.45, 2.75) is 25.8 Å². The molecule has 3 heterocycles. The van der Waals surface area contributed by atoms with Gasteiger partial charge in [0.2, 0.25) is 5.82 Å². The molecule has 4 rings (SSSR count). The zero-order valence-electron chi connectivity index (χ0n) is 13.3. The minimum Gasteiger partial charge on any atom is -0.341 e. The maximum absolute atomic E-state index is 11.4. The van der Waals surface area contributed by atoms with Crippen LogP contribution >= 0.6 is 0 Å². The van der Waals surface area contributed by atoms with Gasteiger partial charge in [0.1, 0.15) is 5.82 Å². The zero-order chi connectivity index (χ0) is 16.7. The molecule has 0 aliphatic carbocycles. The van der Waals surface area contributed by atoms with E-state index in [0.717, 1.165) is 41.8 Å². The highest BCUT2D eigenvalue weighted by molar-refractivity contribution is 5.75. The number of hydrogen-bond donors (Lipinski definition) is 1. The highest BCUT2D eigenvalue weighted by Gasteiger charge is 2.33. The molecule has 0 radical (unpaired) electrons. The molecule has 1 atom stereocenters. The second-order valence-electron chi connectivity index (χ2n) is 6.10. The van der Waals surface area contributed by atoms with Crippen LogP contribution in [0.3, 0.4) is 0 Å². The van der Waals surface area contributed by atoms with Crippen molar-refractivity contribution in [1.29, 1.82) is 0 Å². The van der Waals surface area contributed by atoms with Gasteiger partial charge in [-0.05, 0) is 37.5 Å². The second-order valence-corrected chi connectivity index (χ2v) is 6.10. The molecular formula is C17H17N5O2. The van der Waals surface area contributed by atoms with Crippen LogP contribution in [0.5, 0.6) is 0 Å². The SMILES string of the molecule is Cc1cnc(N2CCCC2c2nc3ccccc3[nH]2)c([N+](=O)[O-])c1. The number of aromatic amines is 1. The van der Waals surface area contributed by atoms with Gasteiger partial charge in [0.25, 0.3) is 0 Å². The first-order chi connectivity index (χ1) is 11.6. The Labute approximate surface area is 138 Å². The standard InChI is InChI=1S/C17H17N5O2/c1-11-9-15(22(23)24)17(18-10-11)21-8-4-7-14(21)16-19-12-5-2-3-6-13(12)20-16/h2-3,5-6,9-10,14H,4,7-8H2,1H3,(H,19,20).